The number of aromatic nitrogens is 3. The third-order valence-corrected chi connectivity index (χ3v) is 4.80. The Labute approximate surface area is 155 Å². The number of para-hydroxylation sites is 1. The number of benzene rings is 2. The highest BCUT2D eigenvalue weighted by molar-refractivity contribution is 8.00. The van der Waals surface area contributed by atoms with Crippen molar-refractivity contribution >= 4 is 29.1 Å². The van der Waals surface area contributed by atoms with Gasteiger partial charge in [-0.25, -0.2) is 0 Å². The van der Waals surface area contributed by atoms with E-state index in [9.17, 15) is 9.59 Å². The van der Waals surface area contributed by atoms with E-state index in [2.05, 4.69) is 15.5 Å². The molecule has 0 saturated carbocycles. The van der Waals surface area contributed by atoms with Crippen LogP contribution in [-0.2, 0) is 4.79 Å². The van der Waals surface area contributed by atoms with Gasteiger partial charge in [-0.15, -0.1) is 10.2 Å². The average Bonchev–Trinajstić information content (AvgIpc) is 3.10. The quantitative estimate of drug-likeness (QED) is 0.533. The molecular formula is C19H18N4O2S. The summed E-state index contributed by atoms with van der Waals surface area (Å²) in [5, 5.41) is 11.1. The van der Waals surface area contributed by atoms with Crippen LogP contribution in [0.2, 0.25) is 0 Å². The molecule has 1 heterocycles. The highest BCUT2D eigenvalue weighted by atomic mass is 32.2. The second-order valence-corrected chi connectivity index (χ2v) is 7.01. The highest BCUT2D eigenvalue weighted by Gasteiger charge is 2.18. The molecule has 3 rings (SSSR count). The summed E-state index contributed by atoms with van der Waals surface area (Å²) < 4.78 is 1.84. The molecule has 0 aliphatic carbocycles. The first-order valence-electron chi connectivity index (χ1n) is 8.08. The summed E-state index contributed by atoms with van der Waals surface area (Å²) in [6.07, 6.45) is 1.62. The Bertz CT molecular complexity index is 924. The summed E-state index contributed by atoms with van der Waals surface area (Å²) in [5.74, 6) is -0.210. The minimum Gasteiger partial charge on any atom is -0.325 e. The van der Waals surface area contributed by atoms with Crippen molar-refractivity contribution in [3.05, 3.63) is 66.5 Å². The Hall–Kier alpha value is -2.93. The molecule has 132 valence electrons. The van der Waals surface area contributed by atoms with Gasteiger partial charge in [0.25, 0.3) is 0 Å². The Kier molecular flexibility index (Phi) is 5.48. The van der Waals surface area contributed by atoms with Crippen LogP contribution in [0.4, 0.5) is 5.69 Å². The van der Waals surface area contributed by atoms with Crippen molar-refractivity contribution < 1.29 is 9.59 Å². The average molecular weight is 366 g/mol. The lowest BCUT2D eigenvalue weighted by molar-refractivity contribution is -0.115. The second-order valence-electron chi connectivity index (χ2n) is 5.71. The van der Waals surface area contributed by atoms with Crippen LogP contribution in [0, 0.1) is 0 Å². The van der Waals surface area contributed by atoms with Gasteiger partial charge in [0.15, 0.2) is 10.9 Å². The van der Waals surface area contributed by atoms with E-state index >= 15 is 0 Å². The smallest absolute Gasteiger partial charge is 0.237 e. The topological polar surface area (TPSA) is 76.9 Å². The van der Waals surface area contributed by atoms with E-state index in [1.165, 1.54) is 18.7 Å². The van der Waals surface area contributed by atoms with E-state index in [4.69, 9.17) is 0 Å². The molecule has 0 saturated heterocycles. The molecule has 0 fully saturated rings. The Morgan fingerprint density at radius 1 is 1.12 bits per heavy atom. The van der Waals surface area contributed by atoms with Crippen molar-refractivity contribution in [1.29, 1.82) is 0 Å². The van der Waals surface area contributed by atoms with Crippen LogP contribution in [0.3, 0.4) is 0 Å². The van der Waals surface area contributed by atoms with Crippen molar-refractivity contribution in [2.45, 2.75) is 24.3 Å². The van der Waals surface area contributed by atoms with Gasteiger partial charge >= 0.3 is 0 Å². The standard InChI is InChI=1S/C19H18N4O2S/c1-13(24)15-7-6-8-16(11-15)21-18(25)14(2)26-19-22-20-12-23(19)17-9-4-3-5-10-17/h3-12,14H,1-2H3,(H,21,25)/t14-/m0/s1. The number of anilines is 1. The monoisotopic (exact) mass is 366 g/mol. The summed E-state index contributed by atoms with van der Waals surface area (Å²) in [6, 6.07) is 16.6. The summed E-state index contributed by atoms with van der Waals surface area (Å²) in [7, 11) is 0. The van der Waals surface area contributed by atoms with E-state index < -0.39 is 0 Å². The molecule has 6 nitrogen and oxygen atoms in total. The maximum Gasteiger partial charge on any atom is 0.237 e. The van der Waals surface area contributed by atoms with Crippen LogP contribution in [0.5, 0.6) is 0 Å². The Morgan fingerprint density at radius 2 is 1.88 bits per heavy atom. The van der Waals surface area contributed by atoms with Crippen LogP contribution < -0.4 is 5.32 Å². The lowest BCUT2D eigenvalue weighted by Crippen LogP contribution is -2.23. The van der Waals surface area contributed by atoms with Crippen molar-refractivity contribution in [1.82, 2.24) is 14.8 Å². The zero-order valence-corrected chi connectivity index (χ0v) is 15.2. The van der Waals surface area contributed by atoms with E-state index in [0.717, 1.165) is 5.69 Å². The molecule has 0 bridgehead atoms. The maximum atomic E-state index is 12.5. The van der Waals surface area contributed by atoms with E-state index in [1.807, 2.05) is 34.9 Å². The molecule has 0 aliphatic heterocycles. The van der Waals surface area contributed by atoms with Gasteiger partial charge in [0.1, 0.15) is 6.33 Å². The first-order valence-corrected chi connectivity index (χ1v) is 8.96. The number of hydrogen-bond acceptors (Lipinski definition) is 5. The van der Waals surface area contributed by atoms with Gasteiger partial charge in [-0.05, 0) is 38.1 Å². The summed E-state index contributed by atoms with van der Waals surface area (Å²) >= 11 is 1.32. The number of hydrogen-bond donors (Lipinski definition) is 1. The first kappa shape index (κ1) is 17.9. The van der Waals surface area contributed by atoms with Crippen molar-refractivity contribution in [2.24, 2.45) is 0 Å². The van der Waals surface area contributed by atoms with Crippen LogP contribution in [0.1, 0.15) is 24.2 Å². The minimum atomic E-state index is -0.386. The fraction of sp³-hybridized carbons (Fsp3) is 0.158. The molecule has 1 amide bonds. The molecule has 0 aliphatic rings. The summed E-state index contributed by atoms with van der Waals surface area (Å²) in [4.78, 5) is 24.0. The van der Waals surface area contributed by atoms with E-state index in [1.54, 1.807) is 37.5 Å². The van der Waals surface area contributed by atoms with Gasteiger partial charge in [-0.2, -0.15) is 0 Å². The second kappa shape index (κ2) is 7.97. The number of carbonyl (C=O) groups is 2. The van der Waals surface area contributed by atoms with Crippen molar-refractivity contribution in [3.63, 3.8) is 0 Å². The van der Waals surface area contributed by atoms with E-state index in [0.29, 0.717) is 16.4 Å². The normalized spacial score (nSPS) is 11.8. The molecule has 0 radical (unpaired) electrons. The van der Waals surface area contributed by atoms with Gasteiger partial charge in [0, 0.05) is 16.9 Å². The number of nitrogens with zero attached hydrogens (tertiary/aromatic N) is 3. The minimum absolute atomic E-state index is 0.0421. The van der Waals surface area contributed by atoms with Crippen molar-refractivity contribution in [3.8, 4) is 5.69 Å². The Balaban J connectivity index is 1.70. The number of carbonyl (C=O) groups excluding carboxylic acids is 2. The van der Waals surface area contributed by atoms with Crippen LogP contribution in [-0.4, -0.2) is 31.7 Å². The SMILES string of the molecule is CC(=O)c1cccc(NC(=O)[C@H](C)Sc2nncn2-c2ccccc2)c1. The Morgan fingerprint density at radius 3 is 2.62 bits per heavy atom. The lowest BCUT2D eigenvalue weighted by Gasteiger charge is -2.13. The largest absolute Gasteiger partial charge is 0.325 e. The van der Waals surface area contributed by atoms with Gasteiger partial charge in [0.2, 0.25) is 5.91 Å². The molecule has 1 N–H and O–H groups in total. The van der Waals surface area contributed by atoms with Gasteiger partial charge in [0.05, 0.1) is 5.25 Å². The third kappa shape index (κ3) is 4.18. The number of thioether (sulfide) groups is 1. The lowest BCUT2D eigenvalue weighted by atomic mass is 10.1. The number of rotatable bonds is 6. The molecule has 2 aromatic carbocycles. The predicted molar refractivity (Wildman–Crippen MR) is 102 cm³/mol. The van der Waals surface area contributed by atoms with Gasteiger partial charge in [-0.1, -0.05) is 42.1 Å². The fourth-order valence-corrected chi connectivity index (χ4v) is 3.18. The summed E-state index contributed by atoms with van der Waals surface area (Å²) in [5.41, 5.74) is 2.09. The maximum absolute atomic E-state index is 12.5. The molecule has 1 atom stereocenters. The van der Waals surface area contributed by atoms with Crippen LogP contribution in [0.25, 0.3) is 5.69 Å². The predicted octanol–water partition coefficient (Wildman–Crippen LogP) is 3.59. The fourth-order valence-electron chi connectivity index (χ4n) is 2.34. The summed E-state index contributed by atoms with van der Waals surface area (Å²) in [6.45, 7) is 3.30. The number of nitrogens with one attached hydrogen (secondary N) is 1. The van der Waals surface area contributed by atoms with Crippen LogP contribution in [0.15, 0.2) is 66.1 Å². The molecule has 0 spiro atoms. The molecule has 7 heteroatoms. The molecule has 3 aromatic rings. The molecule has 1 aromatic heterocycles. The molecule has 26 heavy (non-hydrogen) atoms. The molecule has 0 unspecified atom stereocenters. The highest BCUT2D eigenvalue weighted by Crippen LogP contribution is 2.24. The van der Waals surface area contributed by atoms with E-state index in [-0.39, 0.29) is 16.9 Å². The first-order chi connectivity index (χ1) is 12.5. The van der Waals surface area contributed by atoms with Gasteiger partial charge < -0.3 is 5.32 Å². The zero-order valence-electron chi connectivity index (χ0n) is 14.4. The number of Topliss-reactive ketones (excluding diaryl/α,β-unsaturated/α-hetero) is 1. The molecular weight excluding hydrogens is 348 g/mol. The van der Waals surface area contributed by atoms with Gasteiger partial charge in [-0.3, -0.25) is 14.2 Å². The number of amides is 1. The number of ketones is 1. The zero-order chi connectivity index (χ0) is 18.5. The van der Waals surface area contributed by atoms with Crippen LogP contribution >= 0.6 is 11.8 Å². The third-order valence-electron chi connectivity index (χ3n) is 3.74. The van der Waals surface area contributed by atoms with Crippen molar-refractivity contribution in [2.75, 3.05) is 5.32 Å².